The lowest BCUT2D eigenvalue weighted by Gasteiger charge is -1.93. The number of fused-ring (bicyclic) bond motifs is 1. The van der Waals surface area contributed by atoms with Gasteiger partial charge >= 0.3 is 0 Å². The van der Waals surface area contributed by atoms with E-state index in [0.29, 0.717) is 16.6 Å². The van der Waals surface area contributed by atoms with Crippen LogP contribution in [0.1, 0.15) is 12.8 Å². The first-order valence-electron chi connectivity index (χ1n) is 6.55. The number of thioether (sulfide) groups is 1. The summed E-state index contributed by atoms with van der Waals surface area (Å²) in [4.78, 5) is 16.1. The molecule has 0 atom stereocenters. The maximum Gasteiger partial charge on any atom is 0.250 e. The van der Waals surface area contributed by atoms with E-state index in [1.807, 2.05) is 31.2 Å². The zero-order chi connectivity index (χ0) is 15.4. The number of anilines is 1. The van der Waals surface area contributed by atoms with Gasteiger partial charge in [0.15, 0.2) is 9.92 Å². The average molecular weight is 332 g/mol. The molecule has 0 bridgehead atoms. The largest absolute Gasteiger partial charge is 0.437 e. The predicted molar refractivity (Wildman–Crippen MR) is 88.0 cm³/mol. The number of carbonyl (C=O) groups is 1. The van der Waals surface area contributed by atoms with Gasteiger partial charge in [-0.05, 0) is 17.9 Å². The molecule has 2 aromatic heterocycles. The van der Waals surface area contributed by atoms with Crippen LogP contribution in [0.2, 0.25) is 0 Å². The second-order valence-corrected chi connectivity index (χ2v) is 6.64. The third-order valence-corrected chi connectivity index (χ3v) is 4.45. The molecule has 8 heteroatoms. The summed E-state index contributed by atoms with van der Waals surface area (Å²) in [6, 6.07) is 7.43. The normalized spacial score (nSPS) is 11.3. The third kappa shape index (κ3) is 3.52. The lowest BCUT2D eigenvalue weighted by atomic mass is 10.3. The number of hydrogen-bond donors (Lipinski definition) is 1. The Morgan fingerprint density at radius 1 is 1.41 bits per heavy atom. The second kappa shape index (κ2) is 6.71. The molecule has 2 heterocycles. The molecule has 0 unspecified atom stereocenters. The maximum atomic E-state index is 11.8. The maximum absolute atomic E-state index is 11.8. The van der Waals surface area contributed by atoms with Crippen LogP contribution in [0.4, 0.5) is 5.13 Å². The number of para-hydroxylation sites is 2. The number of aromatic nitrogens is 3. The van der Waals surface area contributed by atoms with Crippen LogP contribution in [0.15, 0.2) is 39.1 Å². The van der Waals surface area contributed by atoms with Crippen LogP contribution in [0, 0.1) is 0 Å². The molecule has 22 heavy (non-hydrogen) atoms. The van der Waals surface area contributed by atoms with Gasteiger partial charge in [0.25, 0.3) is 0 Å². The zero-order valence-electron chi connectivity index (χ0n) is 11.6. The molecule has 3 rings (SSSR count). The third-order valence-electron chi connectivity index (χ3n) is 2.59. The fraction of sp³-hybridized carbons (Fsp3) is 0.143. The van der Waals surface area contributed by atoms with Gasteiger partial charge in [-0.3, -0.25) is 10.1 Å². The Balaban J connectivity index is 1.65. The first-order chi connectivity index (χ1) is 10.7. The van der Waals surface area contributed by atoms with Crippen molar-refractivity contribution in [1.29, 1.82) is 0 Å². The Bertz CT molecular complexity index is 792. The van der Waals surface area contributed by atoms with Crippen molar-refractivity contribution in [2.24, 2.45) is 0 Å². The first-order valence-corrected chi connectivity index (χ1v) is 8.36. The molecule has 1 N–H and O–H groups in total. The fourth-order valence-electron chi connectivity index (χ4n) is 1.70. The molecule has 112 valence electrons. The van der Waals surface area contributed by atoms with E-state index in [9.17, 15) is 4.79 Å². The van der Waals surface area contributed by atoms with E-state index in [2.05, 4.69) is 20.5 Å². The molecule has 0 radical (unpaired) electrons. The Morgan fingerprint density at radius 2 is 2.27 bits per heavy atom. The van der Waals surface area contributed by atoms with Gasteiger partial charge in [0.1, 0.15) is 5.52 Å². The van der Waals surface area contributed by atoms with Crippen molar-refractivity contribution in [2.75, 3.05) is 11.1 Å². The highest BCUT2D eigenvalue weighted by molar-refractivity contribution is 8.01. The van der Waals surface area contributed by atoms with Crippen LogP contribution in [-0.2, 0) is 4.79 Å². The number of rotatable bonds is 5. The van der Waals surface area contributed by atoms with E-state index in [1.54, 1.807) is 11.8 Å². The number of benzene rings is 1. The second-order valence-electron chi connectivity index (χ2n) is 4.15. The number of hydrogen-bond acceptors (Lipinski definition) is 7. The van der Waals surface area contributed by atoms with E-state index >= 15 is 0 Å². The number of nitrogens with one attached hydrogen (secondary N) is 1. The quantitative estimate of drug-likeness (QED) is 0.438. The van der Waals surface area contributed by atoms with Crippen molar-refractivity contribution in [3.63, 3.8) is 0 Å². The molecule has 1 amide bonds. The summed E-state index contributed by atoms with van der Waals surface area (Å²) in [6.07, 6.45) is 2.89. The first kappa shape index (κ1) is 14.7. The van der Waals surface area contributed by atoms with E-state index in [0.717, 1.165) is 15.6 Å². The van der Waals surface area contributed by atoms with Gasteiger partial charge in [0.05, 0.1) is 0 Å². The van der Waals surface area contributed by atoms with E-state index in [-0.39, 0.29) is 5.91 Å². The highest BCUT2D eigenvalue weighted by atomic mass is 32.2. The van der Waals surface area contributed by atoms with Crippen molar-refractivity contribution < 1.29 is 9.21 Å². The summed E-state index contributed by atoms with van der Waals surface area (Å²) in [5.74, 6) is 1.00. The molecule has 0 aliphatic rings. The Morgan fingerprint density at radius 3 is 3.09 bits per heavy atom. The fourth-order valence-corrected chi connectivity index (χ4v) is 3.35. The Kier molecular flexibility index (Phi) is 4.50. The SMILES string of the molecule is CCSc1nnc(NC(=O)/C=C/c2nc3ccccc3o2)s1. The average Bonchev–Trinajstić information content (AvgIpc) is 3.12. The van der Waals surface area contributed by atoms with Gasteiger partial charge < -0.3 is 4.42 Å². The minimum Gasteiger partial charge on any atom is -0.437 e. The van der Waals surface area contributed by atoms with Gasteiger partial charge in [0.2, 0.25) is 16.9 Å². The number of amides is 1. The molecule has 3 aromatic rings. The summed E-state index contributed by atoms with van der Waals surface area (Å²) in [5, 5.41) is 11.0. The number of oxazole rings is 1. The molecule has 0 aliphatic carbocycles. The molecule has 0 fully saturated rings. The van der Waals surface area contributed by atoms with Crippen molar-refractivity contribution in [1.82, 2.24) is 15.2 Å². The molecule has 6 nitrogen and oxygen atoms in total. The van der Waals surface area contributed by atoms with Gasteiger partial charge in [-0.25, -0.2) is 4.98 Å². The van der Waals surface area contributed by atoms with Crippen molar-refractivity contribution in [3.05, 3.63) is 36.2 Å². The summed E-state index contributed by atoms with van der Waals surface area (Å²) < 4.78 is 6.33. The van der Waals surface area contributed by atoms with Crippen LogP contribution in [0.25, 0.3) is 17.2 Å². The van der Waals surface area contributed by atoms with Crippen molar-refractivity contribution in [3.8, 4) is 0 Å². The predicted octanol–water partition coefficient (Wildman–Crippen LogP) is 3.44. The van der Waals surface area contributed by atoms with Crippen LogP contribution >= 0.6 is 23.1 Å². The minimum atomic E-state index is -0.300. The number of carbonyl (C=O) groups excluding carboxylic acids is 1. The van der Waals surface area contributed by atoms with Crippen LogP contribution in [-0.4, -0.2) is 26.8 Å². The van der Waals surface area contributed by atoms with Crippen LogP contribution in [0.3, 0.4) is 0 Å². The summed E-state index contributed by atoms with van der Waals surface area (Å²) in [5.41, 5.74) is 1.45. The van der Waals surface area contributed by atoms with Crippen molar-refractivity contribution in [2.45, 2.75) is 11.3 Å². The summed E-state index contributed by atoms with van der Waals surface area (Å²) in [6.45, 7) is 2.04. The van der Waals surface area contributed by atoms with E-state index in [1.165, 1.54) is 23.5 Å². The molecular formula is C14H12N4O2S2. The number of nitrogens with zero attached hydrogens (tertiary/aromatic N) is 3. The summed E-state index contributed by atoms with van der Waals surface area (Å²) >= 11 is 2.93. The Labute approximate surface area is 134 Å². The molecule has 0 aliphatic heterocycles. The summed E-state index contributed by atoms with van der Waals surface area (Å²) in [7, 11) is 0. The molecule has 0 saturated carbocycles. The van der Waals surface area contributed by atoms with Gasteiger partial charge in [-0.15, -0.1) is 10.2 Å². The highest BCUT2D eigenvalue weighted by Crippen LogP contribution is 2.25. The zero-order valence-corrected chi connectivity index (χ0v) is 13.3. The van der Waals surface area contributed by atoms with E-state index < -0.39 is 0 Å². The monoisotopic (exact) mass is 332 g/mol. The van der Waals surface area contributed by atoms with Gasteiger partial charge in [-0.1, -0.05) is 42.2 Å². The molecular weight excluding hydrogens is 320 g/mol. The smallest absolute Gasteiger partial charge is 0.250 e. The van der Waals surface area contributed by atoms with Crippen LogP contribution in [0.5, 0.6) is 0 Å². The molecule has 1 aromatic carbocycles. The Hall–Kier alpha value is -2.19. The van der Waals surface area contributed by atoms with E-state index in [4.69, 9.17) is 4.42 Å². The standard InChI is InChI=1S/C14H12N4O2S2/c1-2-21-14-18-17-13(22-14)16-11(19)7-8-12-15-9-5-3-4-6-10(9)20-12/h3-8H,2H2,1H3,(H,16,17,19)/b8-7+. The van der Waals surface area contributed by atoms with Crippen LogP contribution < -0.4 is 5.32 Å². The lowest BCUT2D eigenvalue weighted by molar-refractivity contribution is -0.111. The van der Waals surface area contributed by atoms with Gasteiger partial charge in [-0.2, -0.15) is 0 Å². The topological polar surface area (TPSA) is 80.9 Å². The van der Waals surface area contributed by atoms with Crippen molar-refractivity contribution >= 4 is 51.3 Å². The highest BCUT2D eigenvalue weighted by Gasteiger charge is 2.07. The molecule has 0 saturated heterocycles. The lowest BCUT2D eigenvalue weighted by Crippen LogP contribution is -2.07. The minimum absolute atomic E-state index is 0.300. The molecule has 0 spiro atoms. The van der Waals surface area contributed by atoms with Gasteiger partial charge in [0, 0.05) is 12.2 Å².